The molecule has 0 N–H and O–H groups in total. The van der Waals surface area contributed by atoms with Crippen molar-refractivity contribution < 1.29 is 27.5 Å². The topological polar surface area (TPSA) is 98.2 Å². The van der Waals surface area contributed by atoms with Gasteiger partial charge in [-0.2, -0.15) is 0 Å². The molecule has 1 aromatic heterocycles. The summed E-state index contributed by atoms with van der Waals surface area (Å²) in [6.07, 6.45) is 1.09. The Morgan fingerprint density at radius 3 is 1.91 bits per heavy atom. The Kier molecular flexibility index (Phi) is 7.02. The first kappa shape index (κ1) is 24.7. The van der Waals surface area contributed by atoms with Gasteiger partial charge in [-0.3, -0.25) is 9.59 Å². The number of carbonyl (C=O) groups excluding carboxylic acids is 2. The first-order valence-electron chi connectivity index (χ1n) is 11.7. The van der Waals surface area contributed by atoms with E-state index in [1.54, 1.807) is 38.6 Å². The number of benzene rings is 1. The maximum atomic E-state index is 13.3. The molecule has 3 heterocycles. The van der Waals surface area contributed by atoms with Gasteiger partial charge in [0.25, 0.3) is 0 Å². The van der Waals surface area contributed by atoms with E-state index >= 15 is 0 Å². The highest BCUT2D eigenvalue weighted by Crippen LogP contribution is 2.27. The smallest absolute Gasteiger partial charge is 0.242 e. The van der Waals surface area contributed by atoms with Gasteiger partial charge in [-0.05, 0) is 33.8 Å². The van der Waals surface area contributed by atoms with E-state index in [9.17, 15) is 18.0 Å². The fourth-order valence-electron chi connectivity index (χ4n) is 4.93. The summed E-state index contributed by atoms with van der Waals surface area (Å²) in [7, 11) is -3.93. The van der Waals surface area contributed by atoms with Crippen LogP contribution in [-0.4, -0.2) is 90.9 Å². The predicted molar refractivity (Wildman–Crippen MR) is 127 cm³/mol. The number of para-hydroxylation sites is 1. The van der Waals surface area contributed by atoms with Gasteiger partial charge < -0.3 is 23.8 Å². The normalized spacial score (nSPS) is 26.1. The van der Waals surface area contributed by atoms with E-state index in [1.807, 2.05) is 27.7 Å². The highest BCUT2D eigenvalue weighted by molar-refractivity contribution is 7.92. The highest BCUT2D eigenvalue weighted by Gasteiger charge is 2.32. The van der Waals surface area contributed by atoms with Crippen LogP contribution in [0.3, 0.4) is 0 Å². The van der Waals surface area contributed by atoms with Crippen molar-refractivity contribution in [1.29, 1.82) is 0 Å². The third-order valence-corrected chi connectivity index (χ3v) is 7.87. The largest absolute Gasteiger partial charge is 0.372 e. The lowest BCUT2D eigenvalue weighted by molar-refractivity contribution is -0.143. The number of ether oxygens (including phenoxy) is 2. The molecule has 0 saturated carbocycles. The molecule has 1 aromatic carbocycles. The molecule has 4 unspecified atom stereocenters. The molecule has 2 aliphatic rings. The van der Waals surface area contributed by atoms with E-state index in [2.05, 4.69) is 0 Å². The van der Waals surface area contributed by atoms with E-state index in [4.69, 9.17) is 9.47 Å². The van der Waals surface area contributed by atoms with Gasteiger partial charge >= 0.3 is 0 Å². The van der Waals surface area contributed by atoms with Crippen LogP contribution in [0.4, 0.5) is 0 Å². The number of rotatable bonds is 5. The highest BCUT2D eigenvalue weighted by atomic mass is 32.2. The maximum Gasteiger partial charge on any atom is 0.242 e. The van der Waals surface area contributed by atoms with Crippen LogP contribution in [0.1, 0.15) is 27.7 Å². The molecule has 2 aromatic rings. The minimum absolute atomic E-state index is 0.0158. The molecule has 2 fully saturated rings. The second-order valence-corrected chi connectivity index (χ2v) is 11.5. The summed E-state index contributed by atoms with van der Waals surface area (Å²) in [5.41, 5.74) is 0.643. The minimum Gasteiger partial charge on any atom is -0.372 e. The molecule has 4 rings (SSSR count). The van der Waals surface area contributed by atoms with Crippen molar-refractivity contribution in [2.24, 2.45) is 0 Å². The Balaban J connectivity index is 1.57. The predicted octanol–water partition coefficient (Wildman–Crippen LogP) is 1.69. The molecular formula is C24H33N3O6S. The Morgan fingerprint density at radius 1 is 0.853 bits per heavy atom. The summed E-state index contributed by atoms with van der Waals surface area (Å²) in [6.45, 7) is 9.34. The van der Waals surface area contributed by atoms with Crippen molar-refractivity contribution >= 4 is 32.6 Å². The van der Waals surface area contributed by atoms with Gasteiger partial charge in [0.05, 0.1) is 29.3 Å². The molecule has 9 nitrogen and oxygen atoms in total. The molecule has 34 heavy (non-hydrogen) atoms. The number of aromatic nitrogens is 1. The molecule has 186 valence electrons. The summed E-state index contributed by atoms with van der Waals surface area (Å²) in [5.74, 6) is -1.15. The molecule has 0 radical (unpaired) electrons. The van der Waals surface area contributed by atoms with Crippen LogP contribution in [0, 0.1) is 0 Å². The third kappa shape index (κ3) is 5.29. The molecule has 0 bridgehead atoms. The lowest BCUT2D eigenvalue weighted by Crippen LogP contribution is -2.49. The van der Waals surface area contributed by atoms with Crippen LogP contribution in [-0.2, 0) is 35.4 Å². The van der Waals surface area contributed by atoms with Crippen molar-refractivity contribution in [1.82, 2.24) is 14.4 Å². The van der Waals surface area contributed by atoms with Gasteiger partial charge in [0.1, 0.15) is 12.3 Å². The fraction of sp³-hybridized carbons (Fsp3) is 0.583. The first-order chi connectivity index (χ1) is 16.0. The van der Waals surface area contributed by atoms with E-state index in [0.717, 1.165) is 0 Å². The van der Waals surface area contributed by atoms with Gasteiger partial charge in [-0.1, -0.05) is 18.2 Å². The Bertz CT molecular complexity index is 1160. The third-order valence-electron chi connectivity index (χ3n) is 6.25. The van der Waals surface area contributed by atoms with Gasteiger partial charge in [-0.25, -0.2) is 8.42 Å². The fourth-order valence-corrected chi connectivity index (χ4v) is 6.39. The van der Waals surface area contributed by atoms with Gasteiger partial charge in [0, 0.05) is 43.3 Å². The number of fused-ring (bicyclic) bond motifs is 1. The number of amides is 2. The van der Waals surface area contributed by atoms with E-state index < -0.39 is 21.5 Å². The van der Waals surface area contributed by atoms with Crippen LogP contribution in [0.5, 0.6) is 0 Å². The monoisotopic (exact) mass is 491 g/mol. The Labute approximate surface area is 200 Å². The molecule has 10 heteroatoms. The summed E-state index contributed by atoms with van der Waals surface area (Å²) >= 11 is 0. The number of morpholine rings is 2. The zero-order valence-corrected chi connectivity index (χ0v) is 21.0. The molecule has 2 amide bonds. The lowest BCUT2D eigenvalue weighted by atomic mass is 10.2. The summed E-state index contributed by atoms with van der Waals surface area (Å²) < 4.78 is 39.7. The van der Waals surface area contributed by atoms with Crippen molar-refractivity contribution in [2.75, 3.05) is 31.9 Å². The van der Waals surface area contributed by atoms with E-state index in [1.165, 1.54) is 6.20 Å². The summed E-state index contributed by atoms with van der Waals surface area (Å²) in [5, 5.41) is 0.510. The van der Waals surface area contributed by atoms with Crippen molar-refractivity contribution in [2.45, 2.75) is 63.6 Å². The Hall–Kier alpha value is -2.43. The molecular weight excluding hydrogens is 458 g/mol. The number of hydrogen-bond acceptors (Lipinski definition) is 6. The molecule has 2 saturated heterocycles. The second-order valence-electron chi connectivity index (χ2n) is 9.51. The number of hydrogen-bond donors (Lipinski definition) is 0. The summed E-state index contributed by atoms with van der Waals surface area (Å²) in [4.78, 5) is 29.3. The molecule has 0 spiro atoms. The standard InChI is InChI=1S/C24H33N3O6S/c1-16-9-26(10-17(2)32-16)23(28)14-25-13-22(20-7-5-6-8-21(20)25)34(30,31)15-24(29)27-11-18(3)33-19(4)12-27/h5-8,13,16-19H,9-12,14-15H2,1-4H3. The lowest BCUT2D eigenvalue weighted by Gasteiger charge is -2.35. The number of carbonyl (C=O) groups is 2. The van der Waals surface area contributed by atoms with Gasteiger partial charge in [0.15, 0.2) is 9.84 Å². The van der Waals surface area contributed by atoms with Crippen LogP contribution < -0.4 is 0 Å². The van der Waals surface area contributed by atoms with Crippen molar-refractivity contribution in [3.8, 4) is 0 Å². The van der Waals surface area contributed by atoms with Crippen molar-refractivity contribution in [3.05, 3.63) is 30.5 Å². The minimum atomic E-state index is -3.93. The SMILES string of the molecule is CC1CN(C(=O)Cn2cc(S(=O)(=O)CC(=O)N3CC(C)OC(C)C3)c3ccccc32)CC(C)O1. The maximum absolute atomic E-state index is 13.3. The second kappa shape index (κ2) is 9.67. The average molecular weight is 492 g/mol. The first-order valence-corrected chi connectivity index (χ1v) is 13.4. The number of nitrogens with zero attached hydrogens (tertiary/aromatic N) is 3. The quantitative estimate of drug-likeness (QED) is 0.631. The molecule has 2 aliphatic heterocycles. The zero-order chi connectivity index (χ0) is 24.6. The zero-order valence-electron chi connectivity index (χ0n) is 20.1. The van der Waals surface area contributed by atoms with Crippen LogP contribution in [0.2, 0.25) is 0 Å². The molecule has 4 atom stereocenters. The average Bonchev–Trinajstić information content (AvgIpc) is 3.11. The van der Waals surface area contributed by atoms with Crippen LogP contribution in [0.25, 0.3) is 10.9 Å². The summed E-state index contributed by atoms with van der Waals surface area (Å²) in [6, 6.07) is 7.07. The molecule has 0 aliphatic carbocycles. The Morgan fingerprint density at radius 2 is 1.35 bits per heavy atom. The van der Waals surface area contributed by atoms with E-state index in [0.29, 0.717) is 37.1 Å². The van der Waals surface area contributed by atoms with Crippen molar-refractivity contribution in [3.63, 3.8) is 0 Å². The van der Waals surface area contributed by atoms with Gasteiger partial charge in [0.2, 0.25) is 11.8 Å². The van der Waals surface area contributed by atoms with Gasteiger partial charge in [-0.15, -0.1) is 0 Å². The number of sulfone groups is 1. The van der Waals surface area contributed by atoms with E-state index in [-0.39, 0.29) is 41.8 Å². The van der Waals surface area contributed by atoms with Crippen LogP contribution >= 0.6 is 0 Å². The van der Waals surface area contributed by atoms with Crippen LogP contribution in [0.15, 0.2) is 35.4 Å².